The van der Waals surface area contributed by atoms with Crippen LogP contribution in [0.15, 0.2) is 35.7 Å². The average Bonchev–Trinajstić information content (AvgIpc) is 3.12. The highest BCUT2D eigenvalue weighted by Gasteiger charge is 2.21. The maximum atomic E-state index is 12.8. The van der Waals surface area contributed by atoms with E-state index in [0.717, 1.165) is 4.88 Å². The number of carbonyl (C=O) groups excluding carboxylic acids is 1. The summed E-state index contributed by atoms with van der Waals surface area (Å²) >= 11 is 1.65. The second kappa shape index (κ2) is 8.20. The summed E-state index contributed by atoms with van der Waals surface area (Å²) in [6.07, 6.45) is 0. The van der Waals surface area contributed by atoms with Crippen LogP contribution in [-0.4, -0.2) is 31.6 Å². The highest BCUT2D eigenvalue weighted by atomic mass is 32.1. The smallest absolute Gasteiger partial charge is 0.254 e. The fourth-order valence-corrected chi connectivity index (χ4v) is 3.10. The molecule has 5 heteroatoms. The van der Waals surface area contributed by atoms with Crippen molar-refractivity contribution in [2.24, 2.45) is 5.92 Å². The van der Waals surface area contributed by atoms with Crippen molar-refractivity contribution in [3.63, 3.8) is 0 Å². The molecule has 0 fully saturated rings. The minimum atomic E-state index is -0.0374. The highest BCUT2D eigenvalue weighted by molar-refractivity contribution is 7.10. The van der Waals surface area contributed by atoms with E-state index < -0.39 is 0 Å². The lowest BCUT2D eigenvalue weighted by molar-refractivity contribution is 0.0744. The molecule has 2 rings (SSSR count). The maximum Gasteiger partial charge on any atom is 0.254 e. The summed E-state index contributed by atoms with van der Waals surface area (Å²) in [5, 5.41) is 2.02. The molecule has 1 heterocycles. The highest BCUT2D eigenvalue weighted by Crippen LogP contribution is 2.30. The zero-order valence-corrected chi connectivity index (χ0v) is 15.7. The Hall–Kier alpha value is -2.01. The zero-order chi connectivity index (χ0) is 17.7. The Balaban J connectivity index is 2.17. The van der Waals surface area contributed by atoms with Gasteiger partial charge in [-0.1, -0.05) is 19.9 Å². The van der Waals surface area contributed by atoms with Gasteiger partial charge in [0.05, 0.1) is 19.8 Å². The minimum Gasteiger partial charge on any atom is -0.493 e. The van der Waals surface area contributed by atoms with Gasteiger partial charge < -0.3 is 14.4 Å². The Morgan fingerprint density at radius 1 is 1.21 bits per heavy atom. The third kappa shape index (κ3) is 4.29. The quantitative estimate of drug-likeness (QED) is 0.733. The van der Waals surface area contributed by atoms with Gasteiger partial charge >= 0.3 is 0 Å². The Morgan fingerprint density at radius 3 is 2.54 bits per heavy atom. The number of hydrogen-bond acceptors (Lipinski definition) is 4. The Labute approximate surface area is 148 Å². The molecule has 0 aliphatic rings. The van der Waals surface area contributed by atoms with E-state index in [-0.39, 0.29) is 11.9 Å². The Bertz CT molecular complexity index is 667. The number of carbonyl (C=O) groups is 1. The third-order valence-corrected chi connectivity index (χ3v) is 4.88. The zero-order valence-electron chi connectivity index (χ0n) is 14.9. The van der Waals surface area contributed by atoms with Crippen molar-refractivity contribution in [3.8, 4) is 11.5 Å². The first kappa shape index (κ1) is 18.3. The first-order valence-electron chi connectivity index (χ1n) is 8.05. The van der Waals surface area contributed by atoms with Gasteiger partial charge in [-0.3, -0.25) is 4.79 Å². The van der Waals surface area contributed by atoms with Crippen LogP contribution in [0, 0.1) is 5.92 Å². The Morgan fingerprint density at radius 2 is 1.96 bits per heavy atom. The summed E-state index contributed by atoms with van der Waals surface area (Å²) in [6.45, 7) is 6.82. The molecule has 1 aromatic heterocycles. The maximum absolute atomic E-state index is 12.8. The van der Waals surface area contributed by atoms with Gasteiger partial charge in [-0.05, 0) is 42.5 Å². The molecule has 0 aliphatic carbocycles. The van der Waals surface area contributed by atoms with Crippen LogP contribution in [0.2, 0.25) is 0 Å². The molecule has 0 spiro atoms. The molecule has 1 unspecified atom stereocenters. The summed E-state index contributed by atoms with van der Waals surface area (Å²) in [4.78, 5) is 15.7. The number of hydrogen-bond donors (Lipinski definition) is 0. The van der Waals surface area contributed by atoms with Gasteiger partial charge in [0.1, 0.15) is 0 Å². The normalized spacial score (nSPS) is 12.1. The average molecular weight is 347 g/mol. The van der Waals surface area contributed by atoms with Gasteiger partial charge in [0.25, 0.3) is 5.91 Å². The van der Waals surface area contributed by atoms with Crippen LogP contribution in [0.3, 0.4) is 0 Å². The van der Waals surface area contributed by atoms with E-state index >= 15 is 0 Å². The summed E-state index contributed by atoms with van der Waals surface area (Å²) in [5.41, 5.74) is 0.592. The monoisotopic (exact) mass is 347 g/mol. The molecule has 0 radical (unpaired) electrons. The molecule has 130 valence electrons. The molecule has 0 bridgehead atoms. The van der Waals surface area contributed by atoms with Gasteiger partial charge in [0.2, 0.25) is 0 Å². The van der Waals surface area contributed by atoms with Crippen LogP contribution in [0.5, 0.6) is 11.5 Å². The molecular weight excluding hydrogens is 322 g/mol. The summed E-state index contributed by atoms with van der Waals surface area (Å²) in [5.74, 6) is 1.63. The van der Waals surface area contributed by atoms with Crippen molar-refractivity contribution in [2.75, 3.05) is 20.8 Å². The molecular formula is C19H25NO3S. The summed E-state index contributed by atoms with van der Waals surface area (Å²) in [6, 6.07) is 9.41. The van der Waals surface area contributed by atoms with E-state index in [2.05, 4.69) is 13.8 Å². The predicted octanol–water partition coefficient (Wildman–Crippen LogP) is 4.62. The van der Waals surface area contributed by atoms with Crippen molar-refractivity contribution in [1.29, 1.82) is 0 Å². The Kier molecular flexibility index (Phi) is 6.26. The molecule has 1 atom stereocenters. The predicted molar refractivity (Wildman–Crippen MR) is 98.2 cm³/mol. The van der Waals surface area contributed by atoms with E-state index in [9.17, 15) is 4.79 Å². The molecule has 1 amide bonds. The van der Waals surface area contributed by atoms with Crippen LogP contribution in [-0.2, 0) is 0 Å². The molecule has 0 aliphatic heterocycles. The number of thiophene rings is 1. The van der Waals surface area contributed by atoms with Crippen LogP contribution >= 0.6 is 11.3 Å². The lowest BCUT2D eigenvalue weighted by Crippen LogP contribution is -2.29. The summed E-state index contributed by atoms with van der Waals surface area (Å²) < 4.78 is 11.1. The van der Waals surface area contributed by atoms with E-state index in [1.165, 1.54) is 0 Å². The first-order chi connectivity index (χ1) is 11.4. The third-order valence-electron chi connectivity index (χ3n) is 3.84. The van der Waals surface area contributed by atoms with Crippen LogP contribution in [0.1, 0.15) is 42.0 Å². The van der Waals surface area contributed by atoms with E-state index in [0.29, 0.717) is 29.6 Å². The largest absolute Gasteiger partial charge is 0.493 e. The lowest BCUT2D eigenvalue weighted by Gasteiger charge is -2.24. The van der Waals surface area contributed by atoms with Gasteiger partial charge in [0, 0.05) is 17.5 Å². The fraction of sp³-hybridized carbons (Fsp3) is 0.421. The molecule has 24 heavy (non-hydrogen) atoms. The number of rotatable bonds is 7. The van der Waals surface area contributed by atoms with E-state index in [1.54, 1.807) is 41.5 Å². The van der Waals surface area contributed by atoms with Gasteiger partial charge in [-0.15, -0.1) is 11.3 Å². The number of nitrogens with zero attached hydrogens (tertiary/aromatic N) is 1. The number of methoxy groups -OCH3 is 1. The van der Waals surface area contributed by atoms with Crippen LogP contribution in [0.4, 0.5) is 0 Å². The van der Waals surface area contributed by atoms with Crippen molar-refractivity contribution >= 4 is 17.2 Å². The number of amides is 1. The van der Waals surface area contributed by atoms with Crippen LogP contribution in [0.25, 0.3) is 0 Å². The van der Waals surface area contributed by atoms with Crippen molar-refractivity contribution in [2.45, 2.75) is 26.8 Å². The van der Waals surface area contributed by atoms with Crippen molar-refractivity contribution in [1.82, 2.24) is 4.90 Å². The van der Waals surface area contributed by atoms with E-state index in [1.807, 2.05) is 31.5 Å². The topological polar surface area (TPSA) is 38.8 Å². The lowest BCUT2D eigenvalue weighted by atomic mass is 10.1. The molecule has 4 nitrogen and oxygen atoms in total. The second-order valence-electron chi connectivity index (χ2n) is 6.18. The number of ether oxygens (including phenoxy) is 2. The van der Waals surface area contributed by atoms with Gasteiger partial charge in [-0.25, -0.2) is 0 Å². The molecule has 0 N–H and O–H groups in total. The summed E-state index contributed by atoms with van der Waals surface area (Å²) in [7, 11) is 3.41. The van der Waals surface area contributed by atoms with Gasteiger partial charge in [0.15, 0.2) is 11.5 Å². The molecule has 0 saturated carbocycles. The SMILES string of the molecule is COc1cc(C(=O)N(C)C(C)c2cccs2)ccc1OCC(C)C. The standard InChI is InChI=1S/C19H25NO3S/c1-13(2)12-23-16-9-8-15(11-17(16)22-5)19(21)20(4)14(3)18-7-6-10-24-18/h6-11,13-14H,12H2,1-5H3. The van der Waals surface area contributed by atoms with Crippen molar-refractivity contribution < 1.29 is 14.3 Å². The molecule has 0 saturated heterocycles. The van der Waals surface area contributed by atoms with Gasteiger partial charge in [-0.2, -0.15) is 0 Å². The van der Waals surface area contributed by atoms with Crippen LogP contribution < -0.4 is 9.47 Å². The molecule has 1 aromatic carbocycles. The first-order valence-corrected chi connectivity index (χ1v) is 8.93. The second-order valence-corrected chi connectivity index (χ2v) is 7.16. The minimum absolute atomic E-state index is 0.0281. The number of benzene rings is 1. The fourth-order valence-electron chi connectivity index (χ4n) is 2.28. The molecule has 2 aromatic rings. The van der Waals surface area contributed by atoms with Crippen molar-refractivity contribution in [3.05, 3.63) is 46.2 Å². The van der Waals surface area contributed by atoms with E-state index in [4.69, 9.17) is 9.47 Å².